The van der Waals surface area contributed by atoms with Gasteiger partial charge in [-0.3, -0.25) is 0 Å². The fraction of sp³-hybridized carbons (Fsp3) is 0.318. The molecule has 1 atom stereocenters. The maximum absolute atomic E-state index is 10.1. The first-order valence-corrected chi connectivity index (χ1v) is 9.20. The molecule has 0 bridgehead atoms. The van der Waals surface area contributed by atoms with Crippen LogP contribution >= 0.6 is 12.4 Å². The van der Waals surface area contributed by atoms with Crippen molar-refractivity contribution in [2.75, 3.05) is 6.61 Å². The van der Waals surface area contributed by atoms with Crippen molar-refractivity contribution in [3.8, 4) is 22.8 Å². The van der Waals surface area contributed by atoms with Gasteiger partial charge in [0.25, 0.3) is 0 Å². The van der Waals surface area contributed by atoms with Crippen LogP contribution in [0.3, 0.4) is 0 Å². The van der Waals surface area contributed by atoms with Gasteiger partial charge >= 0.3 is 0 Å². The van der Waals surface area contributed by atoms with Gasteiger partial charge in [0.05, 0.1) is 6.10 Å². The number of nitrogens with zero attached hydrogens (tertiary/aromatic N) is 1. The predicted octanol–water partition coefficient (Wildman–Crippen LogP) is 5.49. The average Bonchev–Trinajstić information content (AvgIpc) is 3.17. The monoisotopic (exact) mass is 403 g/mol. The summed E-state index contributed by atoms with van der Waals surface area (Å²) in [6.45, 7) is 4.15. The molecule has 0 aliphatic heterocycles. The molecule has 0 fully saturated rings. The Bertz CT molecular complexity index is 861. The second-order valence-corrected chi connectivity index (χ2v) is 6.77. The number of para-hydroxylation sites is 1. The summed E-state index contributed by atoms with van der Waals surface area (Å²) in [5, 5.41) is 19.0. The van der Waals surface area contributed by atoms with E-state index >= 15 is 0 Å². The fourth-order valence-electron chi connectivity index (χ4n) is 2.78. The third-order valence-electron chi connectivity index (χ3n) is 4.31. The van der Waals surface area contributed by atoms with Gasteiger partial charge in [0, 0.05) is 18.1 Å². The van der Waals surface area contributed by atoms with E-state index in [1.165, 1.54) is 0 Å². The van der Waals surface area contributed by atoms with E-state index in [1.807, 2.05) is 62.4 Å². The topological polar surface area (TPSA) is 75.7 Å². The largest absolute Gasteiger partial charge is 0.457 e. The van der Waals surface area contributed by atoms with Crippen LogP contribution in [0.2, 0.25) is 0 Å². The minimum absolute atomic E-state index is 0. The van der Waals surface area contributed by atoms with Crippen molar-refractivity contribution in [1.82, 2.24) is 4.98 Å². The van der Waals surface area contributed by atoms with Crippen LogP contribution in [0.25, 0.3) is 11.3 Å². The van der Waals surface area contributed by atoms with Gasteiger partial charge in [0.15, 0.2) is 5.89 Å². The molecule has 2 N–H and O–H groups in total. The van der Waals surface area contributed by atoms with Gasteiger partial charge in [-0.25, -0.2) is 4.98 Å². The third-order valence-corrected chi connectivity index (χ3v) is 4.31. The molecule has 150 valence electrons. The molecule has 2 aromatic carbocycles. The number of aromatic nitrogens is 1. The lowest BCUT2D eigenvalue weighted by Crippen LogP contribution is -1.98. The average molecular weight is 404 g/mol. The normalized spacial score (nSPS) is 11.9. The van der Waals surface area contributed by atoms with Gasteiger partial charge in [-0.15, -0.1) is 12.4 Å². The highest BCUT2D eigenvalue weighted by atomic mass is 35.5. The second-order valence-electron chi connectivity index (χ2n) is 6.77. The van der Waals surface area contributed by atoms with Crippen LogP contribution in [0.1, 0.15) is 50.2 Å². The minimum Gasteiger partial charge on any atom is -0.457 e. The Morgan fingerprint density at radius 2 is 1.79 bits per heavy atom. The maximum atomic E-state index is 10.1. The zero-order valence-electron chi connectivity index (χ0n) is 16.0. The first-order valence-electron chi connectivity index (χ1n) is 9.20. The molecule has 3 rings (SSSR count). The molecular weight excluding hydrogens is 378 g/mol. The van der Waals surface area contributed by atoms with E-state index in [1.54, 1.807) is 6.26 Å². The van der Waals surface area contributed by atoms with Crippen LogP contribution in [-0.4, -0.2) is 21.8 Å². The molecule has 0 aliphatic carbocycles. The van der Waals surface area contributed by atoms with Gasteiger partial charge in [0.2, 0.25) is 0 Å². The van der Waals surface area contributed by atoms with Gasteiger partial charge < -0.3 is 19.4 Å². The zero-order chi connectivity index (χ0) is 19.2. The van der Waals surface area contributed by atoms with Crippen LogP contribution in [-0.2, 0) is 0 Å². The molecule has 1 unspecified atom stereocenters. The van der Waals surface area contributed by atoms with Crippen LogP contribution in [0, 0.1) is 0 Å². The second kappa shape index (κ2) is 10.3. The first kappa shape index (κ1) is 22.0. The van der Waals surface area contributed by atoms with Crippen LogP contribution < -0.4 is 4.74 Å². The molecule has 0 saturated heterocycles. The van der Waals surface area contributed by atoms with Crippen molar-refractivity contribution in [2.24, 2.45) is 0 Å². The van der Waals surface area contributed by atoms with E-state index in [-0.39, 0.29) is 24.9 Å². The lowest BCUT2D eigenvalue weighted by molar-refractivity contribution is 0.152. The summed E-state index contributed by atoms with van der Waals surface area (Å²) < 4.78 is 11.6. The highest BCUT2D eigenvalue weighted by Crippen LogP contribution is 2.34. The summed E-state index contributed by atoms with van der Waals surface area (Å²) in [4.78, 5) is 4.55. The van der Waals surface area contributed by atoms with Crippen molar-refractivity contribution < 1.29 is 19.4 Å². The van der Waals surface area contributed by atoms with E-state index in [4.69, 9.17) is 14.3 Å². The molecule has 1 aromatic heterocycles. The fourth-order valence-corrected chi connectivity index (χ4v) is 2.78. The van der Waals surface area contributed by atoms with E-state index in [2.05, 4.69) is 4.98 Å². The van der Waals surface area contributed by atoms with Gasteiger partial charge in [-0.2, -0.15) is 0 Å². The number of benzene rings is 2. The number of aliphatic hydroxyl groups is 2. The Morgan fingerprint density at radius 1 is 1.07 bits per heavy atom. The SMILES string of the molecule is CC(C)c1nc(-c2ccccc2Oc2ccc(C(O)CCCO)cc2)co1.Cl. The Hall–Kier alpha value is -2.34. The molecule has 3 aromatic rings. The summed E-state index contributed by atoms with van der Waals surface area (Å²) in [6, 6.07) is 15.0. The van der Waals surface area contributed by atoms with Crippen LogP contribution in [0.15, 0.2) is 59.2 Å². The van der Waals surface area contributed by atoms with Gasteiger partial charge in [-0.1, -0.05) is 38.1 Å². The minimum atomic E-state index is -0.580. The number of rotatable bonds is 8. The highest BCUT2D eigenvalue weighted by molar-refractivity contribution is 5.85. The summed E-state index contributed by atoms with van der Waals surface area (Å²) in [5.74, 6) is 2.28. The molecule has 1 heterocycles. The van der Waals surface area contributed by atoms with Crippen LogP contribution in [0.5, 0.6) is 11.5 Å². The number of ether oxygens (including phenoxy) is 1. The summed E-state index contributed by atoms with van der Waals surface area (Å²) in [7, 11) is 0. The van der Waals surface area contributed by atoms with Gasteiger partial charge in [0.1, 0.15) is 23.5 Å². The zero-order valence-corrected chi connectivity index (χ0v) is 16.9. The van der Waals surface area contributed by atoms with Crippen LogP contribution in [0.4, 0.5) is 0 Å². The number of oxazole rings is 1. The van der Waals surface area contributed by atoms with E-state index in [0.29, 0.717) is 30.2 Å². The predicted molar refractivity (Wildman–Crippen MR) is 111 cm³/mol. The highest BCUT2D eigenvalue weighted by Gasteiger charge is 2.14. The summed E-state index contributed by atoms with van der Waals surface area (Å²) in [6.07, 6.45) is 2.17. The molecule has 0 saturated carbocycles. The Morgan fingerprint density at radius 3 is 2.43 bits per heavy atom. The first-order chi connectivity index (χ1) is 13.1. The maximum Gasteiger partial charge on any atom is 0.197 e. The van der Waals surface area contributed by atoms with Crippen molar-refractivity contribution in [3.63, 3.8) is 0 Å². The van der Waals surface area contributed by atoms with Crippen molar-refractivity contribution >= 4 is 12.4 Å². The molecule has 0 spiro atoms. The molecular formula is C22H26ClNO4. The lowest BCUT2D eigenvalue weighted by Gasteiger charge is -2.12. The molecule has 6 heteroatoms. The molecule has 0 aliphatic rings. The Labute approximate surface area is 171 Å². The quantitative estimate of drug-likeness (QED) is 0.520. The van der Waals surface area contributed by atoms with E-state index in [9.17, 15) is 5.11 Å². The van der Waals surface area contributed by atoms with Gasteiger partial charge in [-0.05, 0) is 42.7 Å². The number of aliphatic hydroxyl groups excluding tert-OH is 2. The van der Waals surface area contributed by atoms with Crippen molar-refractivity contribution in [1.29, 1.82) is 0 Å². The van der Waals surface area contributed by atoms with Crippen molar-refractivity contribution in [3.05, 3.63) is 66.2 Å². The standard InChI is InChI=1S/C22H25NO4.ClH/c1-15(2)22-23-19(14-26-22)18-6-3-4-8-21(18)27-17-11-9-16(10-12-17)20(25)7-5-13-24;/h3-4,6,8-12,14-15,20,24-25H,5,7,13H2,1-2H3;1H. The lowest BCUT2D eigenvalue weighted by atomic mass is 10.1. The molecule has 28 heavy (non-hydrogen) atoms. The molecule has 5 nitrogen and oxygen atoms in total. The number of hydrogen-bond acceptors (Lipinski definition) is 5. The smallest absolute Gasteiger partial charge is 0.197 e. The summed E-state index contributed by atoms with van der Waals surface area (Å²) in [5.41, 5.74) is 2.41. The van der Waals surface area contributed by atoms with Crippen molar-refractivity contribution in [2.45, 2.75) is 38.7 Å². The molecule has 0 amide bonds. The Balaban J connectivity index is 0.00000280. The molecule has 0 radical (unpaired) electrons. The number of halogens is 1. The number of hydrogen-bond donors (Lipinski definition) is 2. The summed E-state index contributed by atoms with van der Waals surface area (Å²) >= 11 is 0. The Kier molecular flexibility index (Phi) is 8.05. The third kappa shape index (κ3) is 5.35. The van der Waals surface area contributed by atoms with E-state index < -0.39 is 6.10 Å². The van der Waals surface area contributed by atoms with E-state index in [0.717, 1.165) is 16.8 Å².